The maximum absolute atomic E-state index is 13.7. The van der Waals surface area contributed by atoms with Crippen molar-refractivity contribution in [3.8, 4) is 0 Å². The Bertz CT molecular complexity index is 713. The Morgan fingerprint density at radius 2 is 1.96 bits per heavy atom. The molecule has 4 nitrogen and oxygen atoms in total. The summed E-state index contributed by atoms with van der Waals surface area (Å²) in [4.78, 5) is 23.7. The summed E-state index contributed by atoms with van der Waals surface area (Å²) in [5.41, 5.74) is 0.884. The molecule has 1 amide bonds. The monoisotopic (exact) mass is 335 g/mol. The summed E-state index contributed by atoms with van der Waals surface area (Å²) in [5, 5.41) is 2.81. The van der Waals surface area contributed by atoms with Crippen LogP contribution < -0.4 is 5.32 Å². The lowest BCUT2D eigenvalue weighted by atomic mass is 10.1. The molecule has 0 aliphatic heterocycles. The van der Waals surface area contributed by atoms with Crippen molar-refractivity contribution >= 4 is 29.2 Å². The van der Waals surface area contributed by atoms with Crippen LogP contribution in [0.4, 0.5) is 10.1 Å². The normalized spacial score (nSPS) is 10.2. The summed E-state index contributed by atoms with van der Waals surface area (Å²) in [7, 11) is 0. The maximum atomic E-state index is 13.7. The van der Waals surface area contributed by atoms with Crippen LogP contribution in [0.25, 0.3) is 0 Å². The molecule has 1 N–H and O–H groups in total. The van der Waals surface area contributed by atoms with Crippen molar-refractivity contribution in [1.29, 1.82) is 0 Å². The predicted octanol–water partition coefficient (Wildman–Crippen LogP) is 3.84. The predicted molar refractivity (Wildman–Crippen MR) is 86.1 cm³/mol. The molecule has 0 fully saturated rings. The van der Waals surface area contributed by atoms with E-state index in [9.17, 15) is 14.0 Å². The highest BCUT2D eigenvalue weighted by Crippen LogP contribution is 2.20. The number of carbonyl (C=O) groups is 2. The molecule has 0 atom stereocenters. The molecule has 2 aromatic rings. The highest BCUT2D eigenvalue weighted by atomic mass is 35.5. The molecule has 0 saturated carbocycles. The zero-order valence-electron chi connectivity index (χ0n) is 12.4. The molecule has 0 aliphatic carbocycles. The van der Waals surface area contributed by atoms with Crippen LogP contribution in [0.2, 0.25) is 5.02 Å². The fourth-order valence-corrected chi connectivity index (χ4v) is 2.24. The number of rotatable bonds is 5. The van der Waals surface area contributed by atoms with E-state index in [0.29, 0.717) is 11.3 Å². The molecule has 0 saturated heterocycles. The Hall–Kier alpha value is -2.40. The largest absolute Gasteiger partial charge is 0.462 e. The SMILES string of the molecule is CCOC(=O)c1cccc(NC(=O)Cc2c(F)cccc2Cl)c1. The second kappa shape index (κ2) is 7.74. The van der Waals surface area contributed by atoms with Crippen molar-refractivity contribution in [2.75, 3.05) is 11.9 Å². The van der Waals surface area contributed by atoms with Gasteiger partial charge >= 0.3 is 5.97 Å². The third kappa shape index (κ3) is 4.53. The fraction of sp³-hybridized carbons (Fsp3) is 0.176. The van der Waals surface area contributed by atoms with Gasteiger partial charge in [0, 0.05) is 16.3 Å². The average molecular weight is 336 g/mol. The second-order valence-corrected chi connectivity index (χ2v) is 5.13. The zero-order valence-corrected chi connectivity index (χ0v) is 13.2. The van der Waals surface area contributed by atoms with Crippen molar-refractivity contribution in [3.63, 3.8) is 0 Å². The van der Waals surface area contributed by atoms with Gasteiger partial charge < -0.3 is 10.1 Å². The van der Waals surface area contributed by atoms with Gasteiger partial charge in [0.25, 0.3) is 0 Å². The number of amides is 1. The van der Waals surface area contributed by atoms with Crippen LogP contribution in [0.15, 0.2) is 42.5 Å². The summed E-state index contributed by atoms with van der Waals surface area (Å²) in [5.74, 6) is -1.44. The van der Waals surface area contributed by atoms with Crippen molar-refractivity contribution in [2.24, 2.45) is 0 Å². The molecule has 0 bridgehead atoms. The van der Waals surface area contributed by atoms with E-state index >= 15 is 0 Å². The molecule has 120 valence electrons. The highest BCUT2D eigenvalue weighted by Gasteiger charge is 2.13. The minimum atomic E-state index is -0.534. The fourth-order valence-electron chi connectivity index (χ4n) is 2.01. The molecule has 0 aliphatic rings. The number of hydrogen-bond donors (Lipinski definition) is 1. The average Bonchev–Trinajstić information content (AvgIpc) is 2.51. The van der Waals surface area contributed by atoms with Gasteiger partial charge in [-0.2, -0.15) is 0 Å². The number of hydrogen-bond acceptors (Lipinski definition) is 3. The molecule has 6 heteroatoms. The number of benzene rings is 2. The minimum absolute atomic E-state index is 0.133. The minimum Gasteiger partial charge on any atom is -0.462 e. The highest BCUT2D eigenvalue weighted by molar-refractivity contribution is 6.31. The summed E-state index contributed by atoms with van der Waals surface area (Å²) in [6.07, 6.45) is -0.199. The standard InChI is InChI=1S/C17H15ClFNO3/c1-2-23-17(22)11-5-3-6-12(9-11)20-16(21)10-13-14(18)7-4-8-15(13)19/h3-9H,2,10H2,1H3,(H,20,21). The van der Waals surface area contributed by atoms with E-state index in [0.717, 1.165) is 0 Å². The van der Waals surface area contributed by atoms with E-state index in [4.69, 9.17) is 16.3 Å². The van der Waals surface area contributed by atoms with Gasteiger partial charge in [-0.1, -0.05) is 23.7 Å². The summed E-state index contributed by atoms with van der Waals surface area (Å²) >= 11 is 5.90. The van der Waals surface area contributed by atoms with E-state index in [1.165, 1.54) is 24.3 Å². The van der Waals surface area contributed by atoms with Gasteiger partial charge in [0.2, 0.25) is 5.91 Å². The molecule has 0 radical (unpaired) electrons. The van der Waals surface area contributed by atoms with Crippen molar-refractivity contribution < 1.29 is 18.7 Å². The van der Waals surface area contributed by atoms with Crippen molar-refractivity contribution in [3.05, 3.63) is 64.4 Å². The van der Waals surface area contributed by atoms with E-state index in [2.05, 4.69) is 5.32 Å². The first-order chi connectivity index (χ1) is 11.0. The molecule has 0 unspecified atom stereocenters. The van der Waals surface area contributed by atoms with Crippen LogP contribution in [0.3, 0.4) is 0 Å². The summed E-state index contributed by atoms with van der Waals surface area (Å²) in [6.45, 7) is 1.98. The van der Waals surface area contributed by atoms with E-state index in [1.54, 1.807) is 25.1 Å². The molecule has 0 aromatic heterocycles. The van der Waals surface area contributed by atoms with Gasteiger partial charge in [0.05, 0.1) is 18.6 Å². The van der Waals surface area contributed by atoms with Gasteiger partial charge in [0.1, 0.15) is 5.82 Å². The molecule has 2 rings (SSSR count). The number of carbonyl (C=O) groups excluding carboxylic acids is 2. The Labute approximate surface area is 138 Å². The van der Waals surface area contributed by atoms with Crippen LogP contribution in [-0.2, 0) is 16.0 Å². The molecule has 0 spiro atoms. The van der Waals surface area contributed by atoms with E-state index < -0.39 is 17.7 Å². The van der Waals surface area contributed by atoms with Gasteiger partial charge in [0.15, 0.2) is 0 Å². The molecule has 23 heavy (non-hydrogen) atoms. The number of halogens is 2. The Morgan fingerprint density at radius 3 is 2.65 bits per heavy atom. The third-order valence-electron chi connectivity index (χ3n) is 3.06. The third-order valence-corrected chi connectivity index (χ3v) is 3.41. The Kier molecular flexibility index (Phi) is 5.71. The first kappa shape index (κ1) is 17.0. The van der Waals surface area contributed by atoms with Gasteiger partial charge in [-0.25, -0.2) is 9.18 Å². The Balaban J connectivity index is 2.09. The lowest BCUT2D eigenvalue weighted by Gasteiger charge is -2.09. The maximum Gasteiger partial charge on any atom is 0.338 e. The van der Waals surface area contributed by atoms with E-state index in [1.807, 2.05) is 0 Å². The van der Waals surface area contributed by atoms with Crippen LogP contribution >= 0.6 is 11.6 Å². The lowest BCUT2D eigenvalue weighted by molar-refractivity contribution is -0.115. The first-order valence-corrected chi connectivity index (χ1v) is 7.39. The van der Waals surface area contributed by atoms with Gasteiger partial charge in [-0.15, -0.1) is 0 Å². The zero-order chi connectivity index (χ0) is 16.8. The summed E-state index contributed by atoms with van der Waals surface area (Å²) < 4.78 is 18.6. The molecule has 2 aromatic carbocycles. The second-order valence-electron chi connectivity index (χ2n) is 4.73. The van der Waals surface area contributed by atoms with E-state index in [-0.39, 0.29) is 23.6 Å². The molecular formula is C17H15ClFNO3. The number of ether oxygens (including phenoxy) is 1. The van der Waals surface area contributed by atoms with Crippen LogP contribution in [0.5, 0.6) is 0 Å². The number of anilines is 1. The summed E-state index contributed by atoms with van der Waals surface area (Å²) in [6, 6.07) is 10.6. The lowest BCUT2D eigenvalue weighted by Crippen LogP contribution is -2.16. The van der Waals surface area contributed by atoms with Crippen molar-refractivity contribution in [2.45, 2.75) is 13.3 Å². The first-order valence-electron chi connectivity index (χ1n) is 7.01. The van der Waals surface area contributed by atoms with Crippen molar-refractivity contribution in [1.82, 2.24) is 0 Å². The molecule has 0 heterocycles. The smallest absolute Gasteiger partial charge is 0.338 e. The Morgan fingerprint density at radius 1 is 1.22 bits per heavy atom. The van der Waals surface area contributed by atoms with Gasteiger partial charge in [-0.3, -0.25) is 4.79 Å². The molecular weight excluding hydrogens is 321 g/mol. The van der Waals surface area contributed by atoms with Crippen LogP contribution in [0.1, 0.15) is 22.8 Å². The van der Waals surface area contributed by atoms with Crippen LogP contribution in [-0.4, -0.2) is 18.5 Å². The van der Waals surface area contributed by atoms with Gasteiger partial charge in [-0.05, 0) is 37.3 Å². The topological polar surface area (TPSA) is 55.4 Å². The quantitative estimate of drug-likeness (QED) is 0.845. The van der Waals surface area contributed by atoms with Crippen LogP contribution in [0, 0.1) is 5.82 Å². The number of esters is 1. The number of nitrogens with one attached hydrogen (secondary N) is 1.